The van der Waals surface area contributed by atoms with Gasteiger partial charge in [0, 0.05) is 0 Å². The second kappa shape index (κ2) is 7.24. The Kier molecular flexibility index (Phi) is 5.36. The molecule has 0 saturated carbocycles. The van der Waals surface area contributed by atoms with Gasteiger partial charge in [-0.1, -0.05) is 41.9 Å². The first-order chi connectivity index (χ1) is 10.1. The van der Waals surface area contributed by atoms with Crippen molar-refractivity contribution in [1.82, 2.24) is 9.78 Å². The minimum Gasteiger partial charge on any atom is -0.488 e. The van der Waals surface area contributed by atoms with Crippen molar-refractivity contribution < 1.29 is 9.47 Å². The predicted octanol–water partition coefficient (Wildman–Crippen LogP) is 2.86. The maximum atomic E-state index is 12.0. The van der Waals surface area contributed by atoms with Crippen LogP contribution in [0.4, 0.5) is 0 Å². The molecule has 0 aliphatic carbocycles. The molecule has 0 radical (unpaired) electrons. The standard InChI is InChI=1S/C15H17ClN2O3/c1-11(2)21-13-8-17-18(15(19)14(13)16)10-20-9-12-6-4-3-5-7-12/h3-8,11H,9-10H2,1-2H3. The molecule has 0 bridgehead atoms. The molecular formula is C15H17ClN2O3. The van der Waals surface area contributed by atoms with E-state index >= 15 is 0 Å². The van der Waals surface area contributed by atoms with Gasteiger partial charge in [0.05, 0.1) is 18.9 Å². The molecule has 0 saturated heterocycles. The molecule has 0 unspecified atom stereocenters. The maximum Gasteiger partial charge on any atom is 0.291 e. The highest BCUT2D eigenvalue weighted by molar-refractivity contribution is 6.31. The minimum absolute atomic E-state index is 0.0158. The van der Waals surface area contributed by atoms with Crippen LogP contribution in [0.5, 0.6) is 5.75 Å². The molecule has 0 spiro atoms. The smallest absolute Gasteiger partial charge is 0.291 e. The van der Waals surface area contributed by atoms with E-state index in [1.807, 2.05) is 44.2 Å². The van der Waals surface area contributed by atoms with Crippen LogP contribution in [0.3, 0.4) is 0 Å². The summed E-state index contributed by atoms with van der Waals surface area (Å²) in [7, 11) is 0. The zero-order chi connectivity index (χ0) is 15.2. The van der Waals surface area contributed by atoms with Crippen LogP contribution >= 0.6 is 11.6 Å². The van der Waals surface area contributed by atoms with E-state index in [9.17, 15) is 4.79 Å². The van der Waals surface area contributed by atoms with E-state index in [0.717, 1.165) is 5.56 Å². The van der Waals surface area contributed by atoms with Crippen molar-refractivity contribution in [3.63, 3.8) is 0 Å². The molecule has 0 amide bonds. The molecule has 0 fully saturated rings. The highest BCUT2D eigenvalue weighted by Crippen LogP contribution is 2.19. The summed E-state index contributed by atoms with van der Waals surface area (Å²) < 4.78 is 12.0. The Balaban J connectivity index is 2.01. The Morgan fingerprint density at radius 3 is 2.67 bits per heavy atom. The molecule has 0 aliphatic heterocycles. The normalized spacial score (nSPS) is 10.9. The Morgan fingerprint density at radius 1 is 1.29 bits per heavy atom. The third-order valence-electron chi connectivity index (χ3n) is 2.64. The highest BCUT2D eigenvalue weighted by atomic mass is 35.5. The number of aromatic nitrogens is 2. The highest BCUT2D eigenvalue weighted by Gasteiger charge is 2.11. The summed E-state index contributed by atoms with van der Waals surface area (Å²) >= 11 is 5.98. The van der Waals surface area contributed by atoms with Crippen LogP contribution in [-0.4, -0.2) is 15.9 Å². The summed E-state index contributed by atoms with van der Waals surface area (Å²) in [5, 5.41) is 4.01. The second-order valence-electron chi connectivity index (χ2n) is 4.76. The van der Waals surface area contributed by atoms with Crippen LogP contribution in [0.15, 0.2) is 41.3 Å². The number of hydrogen-bond acceptors (Lipinski definition) is 4. The minimum atomic E-state index is -0.428. The summed E-state index contributed by atoms with van der Waals surface area (Å²) in [5.41, 5.74) is 0.597. The fourth-order valence-corrected chi connectivity index (χ4v) is 1.89. The fraction of sp³-hybridized carbons (Fsp3) is 0.333. The third-order valence-corrected chi connectivity index (χ3v) is 2.99. The largest absolute Gasteiger partial charge is 0.488 e. The topological polar surface area (TPSA) is 53.4 Å². The van der Waals surface area contributed by atoms with E-state index in [4.69, 9.17) is 21.1 Å². The first-order valence-electron chi connectivity index (χ1n) is 6.62. The number of nitrogens with zero attached hydrogens (tertiary/aromatic N) is 2. The van der Waals surface area contributed by atoms with Crippen LogP contribution in [0, 0.1) is 0 Å². The molecule has 1 aromatic carbocycles. The van der Waals surface area contributed by atoms with Crippen molar-refractivity contribution in [3.8, 4) is 5.75 Å². The van der Waals surface area contributed by atoms with Gasteiger partial charge in [0.2, 0.25) is 0 Å². The van der Waals surface area contributed by atoms with Crippen molar-refractivity contribution >= 4 is 11.6 Å². The predicted molar refractivity (Wildman–Crippen MR) is 80.5 cm³/mol. The maximum absolute atomic E-state index is 12.0. The zero-order valence-corrected chi connectivity index (χ0v) is 12.7. The molecule has 0 N–H and O–H groups in total. The summed E-state index contributed by atoms with van der Waals surface area (Å²) in [6.07, 6.45) is 1.35. The molecule has 112 valence electrons. The van der Waals surface area contributed by atoms with E-state index in [1.165, 1.54) is 10.9 Å². The zero-order valence-electron chi connectivity index (χ0n) is 12.0. The van der Waals surface area contributed by atoms with Gasteiger partial charge in [-0.3, -0.25) is 4.79 Å². The van der Waals surface area contributed by atoms with Crippen molar-refractivity contribution in [2.45, 2.75) is 33.3 Å². The summed E-state index contributed by atoms with van der Waals surface area (Å²) in [4.78, 5) is 12.0. The van der Waals surface area contributed by atoms with E-state index in [-0.39, 0.29) is 23.6 Å². The molecule has 1 heterocycles. The molecular weight excluding hydrogens is 292 g/mol. The van der Waals surface area contributed by atoms with Crippen LogP contribution in [0.1, 0.15) is 19.4 Å². The SMILES string of the molecule is CC(C)Oc1cnn(COCc2ccccc2)c(=O)c1Cl. The summed E-state index contributed by atoms with van der Waals surface area (Å²) in [5.74, 6) is 0.288. The number of halogens is 1. The van der Waals surface area contributed by atoms with Crippen LogP contribution in [-0.2, 0) is 18.1 Å². The Hall–Kier alpha value is -1.85. The molecule has 2 rings (SSSR count). The number of ether oxygens (including phenoxy) is 2. The monoisotopic (exact) mass is 308 g/mol. The van der Waals surface area contributed by atoms with E-state index in [0.29, 0.717) is 6.61 Å². The van der Waals surface area contributed by atoms with Crippen molar-refractivity contribution in [3.05, 3.63) is 57.5 Å². The first kappa shape index (κ1) is 15.5. The number of benzene rings is 1. The van der Waals surface area contributed by atoms with Gasteiger partial charge in [-0.15, -0.1) is 0 Å². The van der Waals surface area contributed by atoms with Crippen LogP contribution in [0.25, 0.3) is 0 Å². The third kappa shape index (κ3) is 4.31. The van der Waals surface area contributed by atoms with Crippen molar-refractivity contribution in [2.75, 3.05) is 0 Å². The fourth-order valence-electron chi connectivity index (χ4n) is 1.70. The van der Waals surface area contributed by atoms with Gasteiger partial charge in [-0.25, -0.2) is 4.68 Å². The molecule has 2 aromatic rings. The molecule has 21 heavy (non-hydrogen) atoms. The lowest BCUT2D eigenvalue weighted by molar-refractivity contribution is 0.0525. The van der Waals surface area contributed by atoms with E-state index < -0.39 is 5.56 Å². The van der Waals surface area contributed by atoms with Gasteiger partial charge < -0.3 is 9.47 Å². The average molecular weight is 309 g/mol. The quantitative estimate of drug-likeness (QED) is 0.823. The van der Waals surface area contributed by atoms with Gasteiger partial charge >= 0.3 is 0 Å². The van der Waals surface area contributed by atoms with Crippen LogP contribution in [0.2, 0.25) is 5.02 Å². The molecule has 5 nitrogen and oxygen atoms in total. The second-order valence-corrected chi connectivity index (χ2v) is 5.14. The molecule has 0 atom stereocenters. The number of hydrogen-bond donors (Lipinski definition) is 0. The Bertz CT molecular complexity index is 641. The Labute approximate surface area is 128 Å². The van der Waals surface area contributed by atoms with Crippen LogP contribution < -0.4 is 10.3 Å². The van der Waals surface area contributed by atoms with Gasteiger partial charge in [0.1, 0.15) is 6.73 Å². The number of rotatable bonds is 6. The Morgan fingerprint density at radius 2 is 2.00 bits per heavy atom. The van der Waals surface area contributed by atoms with E-state index in [2.05, 4.69) is 5.10 Å². The van der Waals surface area contributed by atoms with E-state index in [1.54, 1.807) is 0 Å². The molecule has 6 heteroatoms. The van der Waals surface area contributed by atoms with Crippen molar-refractivity contribution in [1.29, 1.82) is 0 Å². The van der Waals surface area contributed by atoms with Gasteiger partial charge in [0.15, 0.2) is 10.8 Å². The first-order valence-corrected chi connectivity index (χ1v) is 6.99. The molecule has 0 aliphatic rings. The average Bonchev–Trinajstić information content (AvgIpc) is 2.47. The molecule has 1 aromatic heterocycles. The lowest BCUT2D eigenvalue weighted by atomic mass is 10.2. The van der Waals surface area contributed by atoms with Gasteiger partial charge in [-0.2, -0.15) is 5.10 Å². The van der Waals surface area contributed by atoms with Crippen molar-refractivity contribution in [2.24, 2.45) is 0 Å². The van der Waals surface area contributed by atoms with Gasteiger partial charge in [-0.05, 0) is 19.4 Å². The summed E-state index contributed by atoms with van der Waals surface area (Å²) in [6, 6.07) is 9.68. The summed E-state index contributed by atoms with van der Waals surface area (Å²) in [6.45, 7) is 4.14. The lowest BCUT2D eigenvalue weighted by Crippen LogP contribution is -2.25. The lowest BCUT2D eigenvalue weighted by Gasteiger charge is -2.12. The van der Waals surface area contributed by atoms with Gasteiger partial charge in [0.25, 0.3) is 5.56 Å².